The van der Waals surface area contributed by atoms with Gasteiger partial charge in [-0.3, -0.25) is 9.59 Å². The van der Waals surface area contributed by atoms with Crippen molar-refractivity contribution in [1.29, 1.82) is 0 Å². The molecule has 10 heteroatoms. The molecule has 0 atom stereocenters. The lowest BCUT2D eigenvalue weighted by molar-refractivity contribution is -0.127. The van der Waals surface area contributed by atoms with Crippen LogP contribution in [0.3, 0.4) is 0 Å². The SMILES string of the molecule is COc1cc(/C=C/C=C/C(=O)N(CCCCCCN(Cc2ccccc2)C(=O)/C=C/C=C/c2cc(OC)c(OC)c(OC)c2)Cc2ccccc2)cc(OC)c1OC. The zero-order valence-electron chi connectivity index (χ0n) is 34.5. The molecule has 0 saturated carbocycles. The molecule has 4 rings (SSSR count). The Morgan fingerprint density at radius 2 is 0.810 bits per heavy atom. The van der Waals surface area contributed by atoms with E-state index in [2.05, 4.69) is 0 Å². The number of amides is 2. The van der Waals surface area contributed by atoms with Crippen molar-refractivity contribution in [2.75, 3.05) is 55.7 Å². The summed E-state index contributed by atoms with van der Waals surface area (Å²) in [4.78, 5) is 30.7. The molecule has 4 aromatic carbocycles. The maximum Gasteiger partial charge on any atom is 0.246 e. The molecule has 0 bridgehead atoms. The molecular weight excluding hydrogens is 733 g/mol. The van der Waals surface area contributed by atoms with Crippen LogP contribution in [0.5, 0.6) is 34.5 Å². The largest absolute Gasteiger partial charge is 0.493 e. The van der Waals surface area contributed by atoms with E-state index >= 15 is 0 Å². The van der Waals surface area contributed by atoms with E-state index in [-0.39, 0.29) is 11.8 Å². The molecule has 0 heterocycles. The molecule has 2 amide bonds. The third-order valence-corrected chi connectivity index (χ3v) is 9.31. The molecule has 4 aromatic rings. The van der Waals surface area contributed by atoms with Crippen LogP contribution in [0.4, 0.5) is 0 Å². The summed E-state index contributed by atoms with van der Waals surface area (Å²) in [7, 11) is 9.44. The molecule has 0 spiro atoms. The highest BCUT2D eigenvalue weighted by Gasteiger charge is 2.15. The first-order valence-electron chi connectivity index (χ1n) is 19.3. The fourth-order valence-electron chi connectivity index (χ4n) is 6.32. The Bertz CT molecular complexity index is 1810. The number of unbranched alkanes of at least 4 members (excludes halogenated alkanes) is 3. The fourth-order valence-corrected chi connectivity index (χ4v) is 6.32. The first-order valence-corrected chi connectivity index (χ1v) is 19.3. The van der Waals surface area contributed by atoms with E-state index in [4.69, 9.17) is 28.4 Å². The van der Waals surface area contributed by atoms with Gasteiger partial charge in [0.05, 0.1) is 42.7 Å². The molecule has 0 aliphatic carbocycles. The summed E-state index contributed by atoms with van der Waals surface area (Å²) in [5.41, 5.74) is 3.83. The highest BCUT2D eigenvalue weighted by Crippen LogP contribution is 2.39. The number of carbonyl (C=O) groups excluding carboxylic acids is 2. The van der Waals surface area contributed by atoms with E-state index in [1.165, 1.54) is 0 Å². The van der Waals surface area contributed by atoms with Gasteiger partial charge in [-0.15, -0.1) is 0 Å². The lowest BCUT2D eigenvalue weighted by atomic mass is 10.1. The van der Waals surface area contributed by atoms with Crippen molar-refractivity contribution in [3.8, 4) is 34.5 Å². The van der Waals surface area contributed by atoms with Gasteiger partial charge in [-0.25, -0.2) is 0 Å². The molecule has 10 nitrogen and oxygen atoms in total. The van der Waals surface area contributed by atoms with Crippen LogP contribution in [0.1, 0.15) is 47.9 Å². The average Bonchev–Trinajstić information content (AvgIpc) is 3.26. The molecule has 0 aliphatic rings. The summed E-state index contributed by atoms with van der Waals surface area (Å²) in [5.74, 6) is 3.14. The molecule has 0 aromatic heterocycles. The second-order valence-corrected chi connectivity index (χ2v) is 13.3. The zero-order chi connectivity index (χ0) is 41.5. The van der Waals surface area contributed by atoms with Crippen molar-refractivity contribution in [3.05, 3.63) is 144 Å². The van der Waals surface area contributed by atoms with Gasteiger partial charge in [-0.05, 0) is 59.4 Å². The quantitative estimate of drug-likeness (QED) is 0.0417. The van der Waals surface area contributed by atoms with Gasteiger partial charge < -0.3 is 38.2 Å². The van der Waals surface area contributed by atoms with Crippen LogP contribution >= 0.6 is 0 Å². The summed E-state index contributed by atoms with van der Waals surface area (Å²) in [6.45, 7) is 2.26. The molecule has 58 heavy (non-hydrogen) atoms. The number of carbonyl (C=O) groups is 2. The van der Waals surface area contributed by atoms with Crippen LogP contribution in [-0.2, 0) is 22.7 Å². The second-order valence-electron chi connectivity index (χ2n) is 13.3. The molecule has 0 aliphatic heterocycles. The van der Waals surface area contributed by atoms with Crippen LogP contribution < -0.4 is 28.4 Å². The van der Waals surface area contributed by atoms with Crippen LogP contribution in [0.25, 0.3) is 12.2 Å². The van der Waals surface area contributed by atoms with E-state index in [0.29, 0.717) is 60.7 Å². The lowest BCUT2D eigenvalue weighted by Gasteiger charge is -2.23. The Hall–Kier alpha value is -6.42. The number of nitrogens with zero attached hydrogens (tertiary/aromatic N) is 2. The third kappa shape index (κ3) is 13.7. The van der Waals surface area contributed by atoms with Crippen molar-refractivity contribution in [2.24, 2.45) is 0 Å². The van der Waals surface area contributed by atoms with Crippen LogP contribution in [0.15, 0.2) is 121 Å². The summed E-state index contributed by atoms with van der Waals surface area (Å²) in [6, 6.07) is 27.4. The number of hydrogen-bond donors (Lipinski definition) is 0. The number of methoxy groups -OCH3 is 6. The summed E-state index contributed by atoms with van der Waals surface area (Å²) >= 11 is 0. The van der Waals surface area contributed by atoms with Crippen molar-refractivity contribution >= 4 is 24.0 Å². The predicted molar refractivity (Wildman–Crippen MR) is 231 cm³/mol. The summed E-state index contributed by atoms with van der Waals surface area (Å²) < 4.78 is 32.7. The predicted octanol–water partition coefficient (Wildman–Crippen LogP) is 9.20. The summed E-state index contributed by atoms with van der Waals surface area (Å²) in [5, 5.41) is 0. The molecule has 0 fully saturated rings. The topological polar surface area (TPSA) is 96.0 Å². The van der Waals surface area contributed by atoms with E-state index in [9.17, 15) is 9.59 Å². The standard InChI is InChI=1S/C48H56N2O8/c1-53-41-31-39(32-42(54-2)47(41)57-5)25-15-17-27-45(51)49(35-37-21-11-9-12-22-37)29-19-7-8-20-30-50(36-38-23-13-10-14-24-38)46(52)28-18-16-26-40-33-43(55-3)48(58-6)44(34-40)56-4/h9-18,21-28,31-34H,7-8,19-20,29-30,35-36H2,1-6H3/b25-15+,26-16+,27-17+,28-18+. The van der Waals surface area contributed by atoms with Gasteiger partial charge in [-0.2, -0.15) is 0 Å². The Kier molecular flexibility index (Phi) is 18.5. The molecule has 306 valence electrons. The Balaban J connectivity index is 1.34. The van der Waals surface area contributed by atoms with Gasteiger partial charge in [0.1, 0.15) is 0 Å². The highest BCUT2D eigenvalue weighted by molar-refractivity contribution is 5.88. The van der Waals surface area contributed by atoms with Crippen LogP contribution in [-0.4, -0.2) is 77.4 Å². The van der Waals surface area contributed by atoms with Gasteiger partial charge in [0.2, 0.25) is 23.3 Å². The zero-order valence-corrected chi connectivity index (χ0v) is 34.5. The van der Waals surface area contributed by atoms with E-state index in [0.717, 1.165) is 47.9 Å². The van der Waals surface area contributed by atoms with Crippen molar-refractivity contribution in [3.63, 3.8) is 0 Å². The van der Waals surface area contributed by atoms with Crippen molar-refractivity contribution in [2.45, 2.75) is 38.8 Å². The van der Waals surface area contributed by atoms with Crippen LogP contribution in [0.2, 0.25) is 0 Å². The molecule has 0 radical (unpaired) electrons. The van der Waals surface area contributed by atoms with Gasteiger partial charge in [0.25, 0.3) is 0 Å². The molecule has 0 saturated heterocycles. The highest BCUT2D eigenvalue weighted by atomic mass is 16.5. The van der Waals surface area contributed by atoms with E-state index in [1.807, 2.05) is 119 Å². The van der Waals surface area contributed by atoms with Gasteiger partial charge >= 0.3 is 0 Å². The first-order chi connectivity index (χ1) is 28.3. The maximum absolute atomic E-state index is 13.5. The monoisotopic (exact) mass is 788 g/mol. The first kappa shape index (κ1) is 44.3. The number of benzene rings is 4. The summed E-state index contributed by atoms with van der Waals surface area (Å²) in [6.07, 6.45) is 17.6. The van der Waals surface area contributed by atoms with Gasteiger partial charge in [-0.1, -0.05) is 110 Å². The van der Waals surface area contributed by atoms with Gasteiger partial charge in [0.15, 0.2) is 23.0 Å². The molecular formula is C48H56N2O8. The number of hydrogen-bond acceptors (Lipinski definition) is 8. The maximum atomic E-state index is 13.5. The number of ether oxygens (including phenoxy) is 6. The Labute approximate surface area is 343 Å². The average molecular weight is 789 g/mol. The Morgan fingerprint density at radius 1 is 0.466 bits per heavy atom. The molecule has 0 N–H and O–H groups in total. The third-order valence-electron chi connectivity index (χ3n) is 9.31. The lowest BCUT2D eigenvalue weighted by Crippen LogP contribution is -2.30. The van der Waals surface area contributed by atoms with Crippen molar-refractivity contribution in [1.82, 2.24) is 9.80 Å². The minimum atomic E-state index is -0.0656. The molecule has 0 unspecified atom stereocenters. The fraction of sp³-hybridized carbons (Fsp3) is 0.292. The Morgan fingerprint density at radius 3 is 1.12 bits per heavy atom. The smallest absolute Gasteiger partial charge is 0.246 e. The number of allylic oxidation sites excluding steroid dienone is 4. The minimum Gasteiger partial charge on any atom is -0.493 e. The second kappa shape index (κ2) is 24.3. The minimum absolute atomic E-state index is 0.0656. The number of rotatable bonds is 23. The van der Waals surface area contributed by atoms with E-state index < -0.39 is 0 Å². The normalized spacial score (nSPS) is 11.3. The van der Waals surface area contributed by atoms with Gasteiger partial charge in [0, 0.05) is 38.3 Å². The van der Waals surface area contributed by atoms with Crippen molar-refractivity contribution < 1.29 is 38.0 Å². The van der Waals surface area contributed by atoms with E-state index in [1.54, 1.807) is 67.0 Å². The van der Waals surface area contributed by atoms with Crippen LogP contribution in [0, 0.1) is 0 Å².